The summed E-state index contributed by atoms with van der Waals surface area (Å²) >= 11 is 0. The lowest BCUT2D eigenvalue weighted by Crippen LogP contribution is -2.38. The van der Waals surface area contributed by atoms with Crippen LogP contribution in [-0.4, -0.2) is 37.1 Å². The molecule has 1 aromatic carbocycles. The summed E-state index contributed by atoms with van der Waals surface area (Å²) in [6.45, 7) is 5.47. The third-order valence-electron chi connectivity index (χ3n) is 3.13. The van der Waals surface area contributed by atoms with Crippen LogP contribution < -0.4 is 5.73 Å². The van der Waals surface area contributed by atoms with E-state index in [2.05, 4.69) is 17.9 Å². The molecule has 0 aliphatic carbocycles. The fraction of sp³-hybridized carbons (Fsp3) is 0.462. The molecule has 1 unspecified atom stereocenters. The van der Waals surface area contributed by atoms with Crippen molar-refractivity contribution in [3.63, 3.8) is 0 Å². The SMILES string of the molecule is CC(c1[c]c(C(N)=O)ccc1)N1CCOCC1. The fourth-order valence-corrected chi connectivity index (χ4v) is 2.04. The molecule has 1 aliphatic rings. The minimum Gasteiger partial charge on any atom is -0.379 e. The van der Waals surface area contributed by atoms with Crippen LogP contribution in [0.3, 0.4) is 0 Å². The van der Waals surface area contributed by atoms with Crippen molar-refractivity contribution in [3.05, 3.63) is 35.4 Å². The lowest BCUT2D eigenvalue weighted by Gasteiger charge is -2.32. The molecular weight excluding hydrogens is 216 g/mol. The third-order valence-corrected chi connectivity index (χ3v) is 3.13. The van der Waals surface area contributed by atoms with Crippen LogP contribution in [0.25, 0.3) is 0 Å². The Morgan fingerprint density at radius 1 is 1.47 bits per heavy atom. The summed E-state index contributed by atoms with van der Waals surface area (Å²) in [7, 11) is 0. The summed E-state index contributed by atoms with van der Waals surface area (Å²) in [4.78, 5) is 13.4. The van der Waals surface area contributed by atoms with Gasteiger partial charge in [-0.25, -0.2) is 0 Å². The topological polar surface area (TPSA) is 55.6 Å². The number of carbonyl (C=O) groups is 1. The third kappa shape index (κ3) is 2.84. The normalized spacial score (nSPS) is 18.9. The number of primary amides is 1. The van der Waals surface area contributed by atoms with Gasteiger partial charge in [0.05, 0.1) is 13.2 Å². The van der Waals surface area contributed by atoms with E-state index in [1.54, 1.807) is 6.07 Å². The predicted molar refractivity (Wildman–Crippen MR) is 64.6 cm³/mol. The van der Waals surface area contributed by atoms with Gasteiger partial charge in [-0.2, -0.15) is 0 Å². The highest BCUT2D eigenvalue weighted by molar-refractivity contribution is 5.92. The van der Waals surface area contributed by atoms with E-state index in [1.165, 1.54) is 0 Å². The molecule has 91 valence electrons. The van der Waals surface area contributed by atoms with Gasteiger partial charge in [0, 0.05) is 30.8 Å². The number of benzene rings is 1. The van der Waals surface area contributed by atoms with Crippen LogP contribution in [0.1, 0.15) is 28.9 Å². The highest BCUT2D eigenvalue weighted by atomic mass is 16.5. The van der Waals surface area contributed by atoms with Gasteiger partial charge in [-0.15, -0.1) is 0 Å². The number of hydrogen-bond acceptors (Lipinski definition) is 3. The van der Waals surface area contributed by atoms with Crippen LogP contribution in [0.5, 0.6) is 0 Å². The van der Waals surface area contributed by atoms with Crippen molar-refractivity contribution in [1.82, 2.24) is 4.90 Å². The molecule has 17 heavy (non-hydrogen) atoms. The van der Waals surface area contributed by atoms with Crippen molar-refractivity contribution in [2.24, 2.45) is 5.73 Å². The highest BCUT2D eigenvalue weighted by Crippen LogP contribution is 2.21. The number of amides is 1. The molecule has 0 aromatic heterocycles. The van der Waals surface area contributed by atoms with E-state index in [0.717, 1.165) is 31.9 Å². The number of nitrogens with zero attached hydrogens (tertiary/aromatic N) is 1. The zero-order valence-corrected chi connectivity index (χ0v) is 9.98. The molecule has 1 radical (unpaired) electrons. The maximum atomic E-state index is 11.1. The summed E-state index contributed by atoms with van der Waals surface area (Å²) in [5.74, 6) is -0.430. The first-order valence-corrected chi connectivity index (χ1v) is 5.82. The molecule has 1 heterocycles. The van der Waals surface area contributed by atoms with E-state index < -0.39 is 5.91 Å². The lowest BCUT2D eigenvalue weighted by atomic mass is 10.0. The zero-order chi connectivity index (χ0) is 12.3. The van der Waals surface area contributed by atoms with E-state index >= 15 is 0 Å². The Hall–Kier alpha value is -1.39. The van der Waals surface area contributed by atoms with Gasteiger partial charge in [-0.05, 0) is 18.6 Å². The fourth-order valence-electron chi connectivity index (χ4n) is 2.04. The van der Waals surface area contributed by atoms with Crippen molar-refractivity contribution in [2.75, 3.05) is 26.3 Å². The average molecular weight is 233 g/mol. The molecule has 0 saturated carbocycles. The van der Waals surface area contributed by atoms with Crippen molar-refractivity contribution < 1.29 is 9.53 Å². The minimum absolute atomic E-state index is 0.234. The number of rotatable bonds is 3. The first-order valence-electron chi connectivity index (χ1n) is 5.82. The van der Waals surface area contributed by atoms with E-state index in [1.807, 2.05) is 12.1 Å². The minimum atomic E-state index is -0.430. The monoisotopic (exact) mass is 233 g/mol. The Labute approximate surface area is 101 Å². The summed E-state index contributed by atoms with van der Waals surface area (Å²) < 4.78 is 5.32. The Bertz CT molecular complexity index is 400. The van der Waals surface area contributed by atoms with Crippen LogP contribution in [0.15, 0.2) is 18.2 Å². The smallest absolute Gasteiger partial charge is 0.249 e. The molecule has 2 N–H and O–H groups in total. The zero-order valence-electron chi connectivity index (χ0n) is 9.98. The molecule has 1 fully saturated rings. The Morgan fingerprint density at radius 2 is 2.18 bits per heavy atom. The molecule has 4 heteroatoms. The average Bonchev–Trinajstić information content (AvgIpc) is 2.39. The van der Waals surface area contributed by atoms with Crippen LogP contribution in [-0.2, 0) is 4.74 Å². The Kier molecular flexibility index (Phi) is 3.76. The lowest BCUT2D eigenvalue weighted by molar-refractivity contribution is 0.0198. The second-order valence-electron chi connectivity index (χ2n) is 4.21. The number of ether oxygens (including phenoxy) is 1. The summed E-state index contributed by atoms with van der Waals surface area (Å²) in [5, 5.41) is 0. The van der Waals surface area contributed by atoms with E-state index in [9.17, 15) is 4.79 Å². The molecular formula is C13H17N2O2. The van der Waals surface area contributed by atoms with Gasteiger partial charge in [0.1, 0.15) is 0 Å². The molecule has 0 spiro atoms. The van der Waals surface area contributed by atoms with Crippen LogP contribution in [0.2, 0.25) is 0 Å². The summed E-state index contributed by atoms with van der Waals surface area (Å²) in [5.41, 5.74) is 6.71. The van der Waals surface area contributed by atoms with Gasteiger partial charge >= 0.3 is 0 Å². The van der Waals surface area contributed by atoms with Gasteiger partial charge in [-0.1, -0.05) is 12.1 Å². The second kappa shape index (κ2) is 5.29. The van der Waals surface area contributed by atoms with E-state index in [4.69, 9.17) is 10.5 Å². The molecule has 1 aromatic rings. The van der Waals surface area contributed by atoms with Gasteiger partial charge in [0.15, 0.2) is 0 Å². The number of nitrogens with two attached hydrogens (primary N) is 1. The van der Waals surface area contributed by atoms with Gasteiger partial charge in [-0.3, -0.25) is 9.69 Å². The molecule has 1 amide bonds. The molecule has 0 bridgehead atoms. The number of hydrogen-bond donors (Lipinski definition) is 1. The first-order chi connectivity index (χ1) is 8.18. The van der Waals surface area contributed by atoms with E-state index in [0.29, 0.717) is 5.56 Å². The summed E-state index contributed by atoms with van der Waals surface area (Å²) in [6.07, 6.45) is 0. The first kappa shape index (κ1) is 12.1. The Balaban J connectivity index is 2.14. The van der Waals surface area contributed by atoms with Gasteiger partial charge < -0.3 is 10.5 Å². The second-order valence-corrected chi connectivity index (χ2v) is 4.21. The molecule has 1 saturated heterocycles. The standard InChI is InChI=1S/C13H17N2O2/c1-10(15-5-7-17-8-6-15)11-3-2-4-12(9-11)13(14)16/h2-4,10H,5-8H2,1H3,(H2,14,16). The molecule has 4 nitrogen and oxygen atoms in total. The maximum Gasteiger partial charge on any atom is 0.249 e. The van der Waals surface area contributed by atoms with Gasteiger partial charge in [0.25, 0.3) is 0 Å². The molecule has 1 aliphatic heterocycles. The molecule has 1 atom stereocenters. The van der Waals surface area contributed by atoms with E-state index in [-0.39, 0.29) is 6.04 Å². The van der Waals surface area contributed by atoms with Crippen molar-refractivity contribution >= 4 is 5.91 Å². The number of morpholine rings is 1. The summed E-state index contributed by atoms with van der Waals surface area (Å²) in [6, 6.07) is 8.84. The van der Waals surface area contributed by atoms with Crippen molar-refractivity contribution in [3.8, 4) is 0 Å². The quantitative estimate of drug-likeness (QED) is 0.846. The van der Waals surface area contributed by atoms with Crippen LogP contribution in [0.4, 0.5) is 0 Å². The van der Waals surface area contributed by atoms with Crippen LogP contribution in [0, 0.1) is 6.07 Å². The largest absolute Gasteiger partial charge is 0.379 e. The predicted octanol–water partition coefficient (Wildman–Crippen LogP) is 0.979. The van der Waals surface area contributed by atoms with Crippen molar-refractivity contribution in [1.29, 1.82) is 0 Å². The van der Waals surface area contributed by atoms with Gasteiger partial charge in [0.2, 0.25) is 5.91 Å². The van der Waals surface area contributed by atoms with Crippen molar-refractivity contribution in [2.45, 2.75) is 13.0 Å². The van der Waals surface area contributed by atoms with Crippen LogP contribution >= 0.6 is 0 Å². The maximum absolute atomic E-state index is 11.1. The Morgan fingerprint density at radius 3 is 2.82 bits per heavy atom. The highest BCUT2D eigenvalue weighted by Gasteiger charge is 2.19. The number of carbonyl (C=O) groups excluding carboxylic acids is 1. The molecule has 2 rings (SSSR count).